The van der Waals surface area contributed by atoms with Crippen molar-refractivity contribution in [2.75, 3.05) is 41.2 Å². The van der Waals surface area contributed by atoms with Gasteiger partial charge in [0.2, 0.25) is 6.79 Å². The second kappa shape index (κ2) is 12.3. The molecular formula is C38H41AcN3O10S. The van der Waals surface area contributed by atoms with E-state index in [9.17, 15) is 20.4 Å². The monoisotopic (exact) mass is 958 g/mol. The van der Waals surface area contributed by atoms with Crippen LogP contribution in [0.3, 0.4) is 0 Å². The van der Waals surface area contributed by atoms with Gasteiger partial charge in [-0.2, -0.15) is 0 Å². The number of hydrogen-bond acceptors (Lipinski definition) is 14. The largest absolute Gasteiger partial charge is 0.507 e. The number of phenols is 3. The third-order valence-corrected chi connectivity index (χ3v) is 14.5. The van der Waals surface area contributed by atoms with E-state index in [2.05, 4.69) is 15.1 Å². The maximum Gasteiger partial charge on any atom is 0.231 e. The summed E-state index contributed by atoms with van der Waals surface area (Å²) in [7, 11) is 5.00. The van der Waals surface area contributed by atoms with Crippen molar-refractivity contribution in [3.63, 3.8) is 0 Å². The van der Waals surface area contributed by atoms with Crippen LogP contribution in [-0.4, -0.2) is 100 Å². The van der Waals surface area contributed by atoms with E-state index >= 15 is 4.79 Å². The van der Waals surface area contributed by atoms with Crippen molar-refractivity contribution in [2.45, 2.75) is 79.2 Å². The molecule has 2 spiro atoms. The number of aromatic hydroxyl groups is 3. The molecule has 7 heterocycles. The zero-order valence-corrected chi connectivity index (χ0v) is 35.6. The predicted octanol–water partition coefficient (Wildman–Crippen LogP) is 3.34. The van der Waals surface area contributed by atoms with Gasteiger partial charge in [-0.1, -0.05) is 6.07 Å². The van der Waals surface area contributed by atoms with Gasteiger partial charge in [-0.05, 0) is 68.1 Å². The molecule has 7 aliphatic heterocycles. The van der Waals surface area contributed by atoms with Crippen LogP contribution in [-0.2, 0) is 27.9 Å². The van der Waals surface area contributed by atoms with Crippen molar-refractivity contribution >= 4 is 17.5 Å². The average molecular weight is 959 g/mol. The number of methoxy groups -OCH3 is 2. The molecule has 0 amide bonds. The van der Waals surface area contributed by atoms with E-state index in [0.717, 1.165) is 27.8 Å². The maximum atomic E-state index is 15.1. The number of likely N-dealkylation sites (N-methyl/N-ethyl adjacent to an activating group) is 1. The topological polar surface area (TPSA) is 163 Å². The third kappa shape index (κ3) is 4.51. The molecule has 277 valence electrons. The number of aliphatic hydroxyl groups is 1. The molecule has 3 aromatic rings. The number of benzene rings is 3. The van der Waals surface area contributed by atoms with Crippen molar-refractivity contribution in [3.8, 4) is 40.2 Å². The Morgan fingerprint density at radius 1 is 1.00 bits per heavy atom. The summed E-state index contributed by atoms with van der Waals surface area (Å²) in [5.41, 5.74) is 4.87. The van der Waals surface area contributed by atoms with Crippen LogP contribution in [0.5, 0.6) is 40.2 Å². The molecule has 7 unspecified atom stereocenters. The minimum Gasteiger partial charge on any atom is -0.507 e. The Balaban J connectivity index is 0.00000372. The van der Waals surface area contributed by atoms with Gasteiger partial charge in [0, 0.05) is 85.3 Å². The number of nitrogens with zero attached hydrogens (tertiary/aromatic N) is 2. The molecule has 53 heavy (non-hydrogen) atoms. The normalized spacial score (nSPS) is 33.2. The number of carbonyl (C=O) groups is 1. The summed E-state index contributed by atoms with van der Waals surface area (Å²) in [6.45, 7) is 4.25. The number of fused-ring (bicyclic) bond motifs is 8. The van der Waals surface area contributed by atoms with Crippen molar-refractivity contribution in [3.05, 3.63) is 62.7 Å². The van der Waals surface area contributed by atoms with E-state index in [0.29, 0.717) is 59.7 Å². The molecule has 4 bridgehead atoms. The molecule has 13 nitrogen and oxygen atoms in total. The maximum absolute atomic E-state index is 15.1. The van der Waals surface area contributed by atoms with Gasteiger partial charge in [0.05, 0.1) is 44.2 Å². The van der Waals surface area contributed by atoms with E-state index in [-0.39, 0.29) is 92.3 Å². The summed E-state index contributed by atoms with van der Waals surface area (Å²) >= 11 is 1.35. The Labute approximate surface area is 346 Å². The zero-order chi connectivity index (χ0) is 36.2. The predicted molar refractivity (Wildman–Crippen MR) is 187 cm³/mol. The average Bonchev–Trinajstić information content (AvgIpc) is 3.61. The van der Waals surface area contributed by atoms with Gasteiger partial charge >= 0.3 is 0 Å². The number of piperazine rings is 1. The smallest absolute Gasteiger partial charge is 0.231 e. The number of phenolic OH excluding ortho intramolecular Hbond substituents is 3. The Morgan fingerprint density at radius 3 is 2.51 bits per heavy atom. The van der Waals surface area contributed by atoms with E-state index in [1.165, 1.54) is 18.9 Å². The van der Waals surface area contributed by atoms with Crippen LogP contribution in [0, 0.1) is 57.9 Å². The van der Waals surface area contributed by atoms with Gasteiger partial charge in [-0.3, -0.25) is 14.6 Å². The molecule has 1 radical (unpaired) electrons. The summed E-state index contributed by atoms with van der Waals surface area (Å²) in [6.07, 6.45) is 0.465. The second-order valence-corrected chi connectivity index (χ2v) is 16.5. The Morgan fingerprint density at radius 2 is 1.77 bits per heavy atom. The third-order valence-electron chi connectivity index (χ3n) is 12.9. The number of aryl methyl sites for hydroxylation is 1. The molecule has 11 rings (SSSR count). The fourth-order valence-electron chi connectivity index (χ4n) is 10.6. The quantitative estimate of drug-likeness (QED) is 0.255. The number of nitrogens with one attached hydrogen (secondary N) is 1. The van der Waals surface area contributed by atoms with Crippen LogP contribution >= 0.6 is 11.8 Å². The minimum absolute atomic E-state index is 0. The summed E-state index contributed by atoms with van der Waals surface area (Å²) in [6, 6.07) is 3.52. The van der Waals surface area contributed by atoms with Gasteiger partial charge in [-0.25, -0.2) is 0 Å². The second-order valence-electron chi connectivity index (χ2n) is 15.1. The molecule has 5 N–H and O–H groups in total. The molecular weight excluding hydrogens is 917 g/mol. The number of hydrogen-bond donors (Lipinski definition) is 5. The fraction of sp³-hybridized carbons (Fsp3) is 0.500. The number of Topliss-reactive ketones (excluding diaryl/α,β-unsaturated/α-hetero) is 1. The van der Waals surface area contributed by atoms with Gasteiger partial charge in [0.1, 0.15) is 17.5 Å². The zero-order valence-electron chi connectivity index (χ0n) is 30.1. The van der Waals surface area contributed by atoms with Crippen LogP contribution in [0.1, 0.15) is 68.3 Å². The van der Waals surface area contributed by atoms with Crippen molar-refractivity contribution in [1.29, 1.82) is 0 Å². The van der Waals surface area contributed by atoms with Gasteiger partial charge in [-0.15, -0.1) is 11.8 Å². The van der Waals surface area contributed by atoms with Crippen LogP contribution < -0.4 is 24.3 Å². The van der Waals surface area contributed by atoms with E-state index in [4.69, 9.17) is 23.7 Å². The van der Waals surface area contributed by atoms with Crippen LogP contribution in [0.15, 0.2) is 18.2 Å². The standard InChI is InChI=1S/C38H41N3O10S.Ac/c1-15-8-18-9-20-35(45)41-21-12-51-38(13-37(36(38)46)19-11-23(47-4)22(42)10-17(19)6-7-39-37)52-34(26-25(21)33-32(49-14-50-33)16(2)29(26)43)28(41)27(40(20)3)24(18)30(44)31(15)48-5;/h8,10-11,20-21,27-28,34-35,39,42-45H,6-7,9,12-14H2,1-5H3;/t20?,21?,27?,28?,34?,35?,37-,38?;/m1./s1. The molecule has 15 heteroatoms. The van der Waals surface area contributed by atoms with Crippen LogP contribution in [0.25, 0.3) is 0 Å². The minimum atomic E-state index is -1.32. The van der Waals surface area contributed by atoms with E-state index < -0.39 is 40.1 Å². The Bertz CT molecular complexity index is 2120. The van der Waals surface area contributed by atoms with E-state index in [1.54, 1.807) is 26.2 Å². The van der Waals surface area contributed by atoms with E-state index in [1.807, 2.05) is 20.0 Å². The molecule has 8 aliphatic rings. The molecule has 2 saturated heterocycles. The van der Waals surface area contributed by atoms with Crippen molar-refractivity contribution < 1.29 is 93.0 Å². The number of ether oxygens (including phenoxy) is 5. The van der Waals surface area contributed by atoms with Gasteiger partial charge in [0.25, 0.3) is 0 Å². The molecule has 3 fully saturated rings. The number of aliphatic hydroxyl groups excluding tert-OH is 1. The van der Waals surface area contributed by atoms with Crippen molar-refractivity contribution in [2.24, 2.45) is 0 Å². The number of ketones is 1. The Hall–Kier alpha value is -2.48. The van der Waals surface area contributed by atoms with Gasteiger partial charge < -0.3 is 49.4 Å². The fourth-order valence-corrected chi connectivity index (χ4v) is 12.5. The molecule has 0 aromatic heterocycles. The first-order valence-corrected chi connectivity index (χ1v) is 18.6. The Kier molecular flexibility index (Phi) is 8.37. The first kappa shape index (κ1) is 36.2. The summed E-state index contributed by atoms with van der Waals surface area (Å²) in [5, 5.41) is 49.9. The van der Waals surface area contributed by atoms with Crippen LogP contribution in [0.4, 0.5) is 0 Å². The van der Waals surface area contributed by atoms with Gasteiger partial charge in [0.15, 0.2) is 45.2 Å². The summed E-state index contributed by atoms with van der Waals surface area (Å²) in [5.74, 6) is 1.65. The summed E-state index contributed by atoms with van der Waals surface area (Å²) < 4.78 is 30.0. The number of carbonyl (C=O) groups excluding carboxylic acids is 1. The molecule has 1 saturated carbocycles. The van der Waals surface area contributed by atoms with Crippen molar-refractivity contribution in [1.82, 2.24) is 15.1 Å². The molecule has 3 aromatic carbocycles. The molecule has 1 aliphatic carbocycles. The summed E-state index contributed by atoms with van der Waals surface area (Å²) in [4.78, 5) is 18.0. The number of rotatable bonds is 2. The first-order valence-electron chi connectivity index (χ1n) is 17.7. The number of thioether (sulfide) groups is 1. The SMILES string of the molecule is COc1cc2c(cc1O)CCN[C@]21CC2(OCC3c4c5c(c(C)c(O)c4C(S2)C2C4c6c(cc(C)c(OC)c6O)CC(C(O)N32)N4C)OCO5)C1=O.[Ac]. The van der Waals surface area contributed by atoms with Crippen LogP contribution in [0.2, 0.25) is 0 Å². The molecule has 8 atom stereocenters. The first-order chi connectivity index (χ1) is 25.0.